The van der Waals surface area contributed by atoms with Gasteiger partial charge in [0.05, 0.1) is 12.1 Å². The van der Waals surface area contributed by atoms with Crippen molar-refractivity contribution in [3.05, 3.63) is 28.8 Å². The lowest BCUT2D eigenvalue weighted by Gasteiger charge is -2.25. The number of hydrogen-bond donors (Lipinski definition) is 3. The molecular weight excluding hydrogens is 176 g/mol. The van der Waals surface area contributed by atoms with Crippen molar-refractivity contribution in [2.24, 2.45) is 5.73 Å². The van der Waals surface area contributed by atoms with E-state index < -0.39 is 5.54 Å². The van der Waals surface area contributed by atoms with E-state index in [4.69, 9.17) is 11.5 Å². The molecule has 0 radical (unpaired) electrons. The number of benzene rings is 1. The van der Waals surface area contributed by atoms with Gasteiger partial charge < -0.3 is 16.6 Å². The number of hydrogen-bond acceptors (Lipinski definition) is 3. The van der Waals surface area contributed by atoms with Gasteiger partial charge in [-0.3, -0.25) is 0 Å². The fourth-order valence-electron chi connectivity index (χ4n) is 1.54. The first kappa shape index (κ1) is 11.0. The van der Waals surface area contributed by atoms with Crippen LogP contribution in [0.25, 0.3) is 0 Å². The minimum absolute atomic E-state index is 0.111. The van der Waals surface area contributed by atoms with Gasteiger partial charge in [0, 0.05) is 5.69 Å². The van der Waals surface area contributed by atoms with Crippen molar-refractivity contribution in [3.63, 3.8) is 0 Å². The Morgan fingerprint density at radius 1 is 1.36 bits per heavy atom. The minimum Gasteiger partial charge on any atom is -0.398 e. The van der Waals surface area contributed by atoms with Crippen LogP contribution in [0.2, 0.25) is 0 Å². The summed E-state index contributed by atoms with van der Waals surface area (Å²) in [4.78, 5) is 0. The van der Waals surface area contributed by atoms with Gasteiger partial charge in [0.1, 0.15) is 0 Å². The van der Waals surface area contributed by atoms with Crippen LogP contribution >= 0.6 is 0 Å². The normalized spacial score (nSPS) is 15.2. The molecule has 0 spiro atoms. The van der Waals surface area contributed by atoms with E-state index in [2.05, 4.69) is 0 Å². The first-order chi connectivity index (χ1) is 6.38. The number of rotatable bonds is 2. The number of nitrogens with two attached hydrogens (primary N) is 2. The number of anilines is 1. The average Bonchev–Trinajstić information content (AvgIpc) is 2.11. The highest BCUT2D eigenvalue weighted by atomic mass is 16.3. The van der Waals surface area contributed by atoms with Crippen molar-refractivity contribution in [1.29, 1.82) is 0 Å². The van der Waals surface area contributed by atoms with Crippen LogP contribution in [-0.4, -0.2) is 11.7 Å². The predicted molar refractivity (Wildman–Crippen MR) is 59.0 cm³/mol. The maximum atomic E-state index is 9.17. The summed E-state index contributed by atoms with van der Waals surface area (Å²) in [5.74, 6) is 0. The molecule has 0 aliphatic heterocycles. The Morgan fingerprint density at radius 3 is 2.43 bits per heavy atom. The Kier molecular flexibility index (Phi) is 2.83. The number of nitrogen functional groups attached to an aromatic ring is 1. The topological polar surface area (TPSA) is 72.3 Å². The Hall–Kier alpha value is -1.06. The molecular formula is C11H18N2O. The van der Waals surface area contributed by atoms with E-state index in [0.717, 1.165) is 16.7 Å². The number of aliphatic hydroxyl groups excluding tert-OH is 1. The maximum absolute atomic E-state index is 9.17. The lowest BCUT2D eigenvalue weighted by atomic mass is 9.89. The Labute approximate surface area is 84.7 Å². The summed E-state index contributed by atoms with van der Waals surface area (Å²) < 4.78 is 0. The average molecular weight is 194 g/mol. The van der Waals surface area contributed by atoms with E-state index in [1.54, 1.807) is 6.92 Å². The number of aryl methyl sites for hydroxylation is 2. The summed E-state index contributed by atoms with van der Waals surface area (Å²) in [6, 6.07) is 3.94. The van der Waals surface area contributed by atoms with Gasteiger partial charge in [-0.2, -0.15) is 0 Å². The van der Waals surface area contributed by atoms with Crippen LogP contribution in [0.5, 0.6) is 0 Å². The zero-order valence-electron chi connectivity index (χ0n) is 8.96. The quantitative estimate of drug-likeness (QED) is 0.616. The van der Waals surface area contributed by atoms with Crippen LogP contribution in [0, 0.1) is 13.8 Å². The van der Waals surface area contributed by atoms with Crippen LogP contribution in [0.15, 0.2) is 12.1 Å². The van der Waals surface area contributed by atoms with Crippen LogP contribution in [0.4, 0.5) is 5.69 Å². The van der Waals surface area contributed by atoms with Gasteiger partial charge in [0.25, 0.3) is 0 Å². The first-order valence-corrected chi connectivity index (χ1v) is 4.65. The molecule has 0 saturated carbocycles. The van der Waals surface area contributed by atoms with Crippen molar-refractivity contribution in [1.82, 2.24) is 0 Å². The molecule has 0 amide bonds. The summed E-state index contributed by atoms with van der Waals surface area (Å²) in [6.07, 6.45) is 0. The largest absolute Gasteiger partial charge is 0.398 e. The lowest BCUT2D eigenvalue weighted by Crippen LogP contribution is -2.37. The second-order valence-electron chi connectivity index (χ2n) is 4.12. The predicted octanol–water partition coefficient (Wildman–Crippen LogP) is 1.05. The van der Waals surface area contributed by atoms with Crippen LogP contribution in [0.1, 0.15) is 23.6 Å². The molecule has 1 aromatic rings. The fourth-order valence-corrected chi connectivity index (χ4v) is 1.54. The van der Waals surface area contributed by atoms with Crippen LogP contribution in [-0.2, 0) is 5.54 Å². The second kappa shape index (κ2) is 3.59. The molecule has 1 unspecified atom stereocenters. The molecule has 1 atom stereocenters. The molecule has 1 rings (SSSR count). The highest BCUT2D eigenvalue weighted by Gasteiger charge is 2.23. The van der Waals surface area contributed by atoms with Crippen molar-refractivity contribution >= 4 is 5.69 Å². The third-order valence-electron chi connectivity index (χ3n) is 2.47. The highest BCUT2D eigenvalue weighted by molar-refractivity contribution is 5.57. The zero-order chi connectivity index (χ0) is 10.9. The Bertz CT molecular complexity index is 345. The van der Waals surface area contributed by atoms with Crippen LogP contribution < -0.4 is 11.5 Å². The molecule has 0 aliphatic rings. The molecule has 14 heavy (non-hydrogen) atoms. The van der Waals surface area contributed by atoms with Crippen molar-refractivity contribution in [2.75, 3.05) is 12.3 Å². The van der Waals surface area contributed by atoms with E-state index in [-0.39, 0.29) is 6.61 Å². The molecule has 78 valence electrons. The van der Waals surface area contributed by atoms with Gasteiger partial charge in [-0.25, -0.2) is 0 Å². The van der Waals surface area contributed by atoms with E-state index in [9.17, 15) is 5.11 Å². The van der Waals surface area contributed by atoms with Gasteiger partial charge in [-0.05, 0) is 31.9 Å². The van der Waals surface area contributed by atoms with Gasteiger partial charge in [-0.1, -0.05) is 17.7 Å². The molecule has 0 aliphatic carbocycles. The zero-order valence-corrected chi connectivity index (χ0v) is 8.96. The monoisotopic (exact) mass is 194 g/mol. The minimum atomic E-state index is -0.763. The van der Waals surface area contributed by atoms with Gasteiger partial charge in [0.2, 0.25) is 0 Å². The summed E-state index contributed by atoms with van der Waals surface area (Å²) in [6.45, 7) is 5.60. The third kappa shape index (κ3) is 1.89. The van der Waals surface area contributed by atoms with Crippen molar-refractivity contribution < 1.29 is 5.11 Å². The van der Waals surface area contributed by atoms with Gasteiger partial charge in [0.15, 0.2) is 0 Å². The molecule has 1 aromatic carbocycles. The molecule has 3 nitrogen and oxygen atoms in total. The molecule has 0 heterocycles. The molecule has 3 heteroatoms. The smallest absolute Gasteiger partial charge is 0.0651 e. The van der Waals surface area contributed by atoms with E-state index in [0.29, 0.717) is 5.69 Å². The summed E-state index contributed by atoms with van der Waals surface area (Å²) in [5.41, 5.74) is 14.7. The standard InChI is InChI=1S/C11H18N2O/c1-7-4-8(2)10(12)9(5-7)11(3,13)6-14/h4-5,14H,6,12-13H2,1-3H3. The van der Waals surface area contributed by atoms with Gasteiger partial charge >= 0.3 is 0 Å². The van der Waals surface area contributed by atoms with E-state index in [1.165, 1.54) is 0 Å². The summed E-state index contributed by atoms with van der Waals surface area (Å²) in [7, 11) is 0. The lowest BCUT2D eigenvalue weighted by molar-refractivity contribution is 0.210. The van der Waals surface area contributed by atoms with Crippen LogP contribution in [0.3, 0.4) is 0 Å². The van der Waals surface area contributed by atoms with E-state index in [1.807, 2.05) is 26.0 Å². The highest BCUT2D eigenvalue weighted by Crippen LogP contribution is 2.27. The first-order valence-electron chi connectivity index (χ1n) is 4.65. The molecule has 5 N–H and O–H groups in total. The van der Waals surface area contributed by atoms with Crippen molar-refractivity contribution in [3.8, 4) is 0 Å². The van der Waals surface area contributed by atoms with Gasteiger partial charge in [-0.15, -0.1) is 0 Å². The molecule has 0 bridgehead atoms. The fraction of sp³-hybridized carbons (Fsp3) is 0.455. The Balaban J connectivity index is 3.34. The number of aliphatic hydroxyl groups is 1. The van der Waals surface area contributed by atoms with E-state index >= 15 is 0 Å². The van der Waals surface area contributed by atoms with Crippen molar-refractivity contribution in [2.45, 2.75) is 26.3 Å². The summed E-state index contributed by atoms with van der Waals surface area (Å²) >= 11 is 0. The summed E-state index contributed by atoms with van der Waals surface area (Å²) in [5, 5.41) is 9.17. The SMILES string of the molecule is Cc1cc(C)c(N)c(C(C)(N)CO)c1. The maximum Gasteiger partial charge on any atom is 0.0651 e. The molecule has 0 aromatic heterocycles. The third-order valence-corrected chi connectivity index (χ3v) is 2.47. The molecule has 0 saturated heterocycles. The Morgan fingerprint density at radius 2 is 1.93 bits per heavy atom. The molecule has 0 fully saturated rings. The second-order valence-corrected chi connectivity index (χ2v) is 4.12.